The molecule has 0 aliphatic carbocycles. The zero-order valence-corrected chi connectivity index (χ0v) is 14.2. The summed E-state index contributed by atoms with van der Waals surface area (Å²) in [5, 5.41) is 5.59. The van der Waals surface area contributed by atoms with Crippen molar-refractivity contribution < 1.29 is 13.6 Å². The quantitative estimate of drug-likeness (QED) is 0.607. The summed E-state index contributed by atoms with van der Waals surface area (Å²) in [6, 6.07) is 5.73. The fraction of sp³-hybridized carbons (Fsp3) is 0.278. The molecule has 3 rings (SSSR count). The summed E-state index contributed by atoms with van der Waals surface area (Å²) in [5.74, 6) is 0.129. The number of carbonyl (C=O) groups excluding carboxylic acids is 1. The molecule has 0 aliphatic rings. The Balaban J connectivity index is 1.34. The van der Waals surface area contributed by atoms with Gasteiger partial charge in [-0.3, -0.25) is 0 Å². The van der Waals surface area contributed by atoms with E-state index in [0.717, 1.165) is 18.7 Å². The Morgan fingerprint density at radius 2 is 2.00 bits per heavy atom. The number of benzene rings is 1. The highest BCUT2D eigenvalue weighted by molar-refractivity contribution is 5.73. The van der Waals surface area contributed by atoms with Gasteiger partial charge in [0, 0.05) is 44.0 Å². The Morgan fingerprint density at radius 1 is 1.19 bits per heavy atom. The van der Waals surface area contributed by atoms with E-state index in [0.29, 0.717) is 31.0 Å². The van der Waals surface area contributed by atoms with Gasteiger partial charge < -0.3 is 19.6 Å². The molecule has 2 amide bonds. The van der Waals surface area contributed by atoms with Gasteiger partial charge in [-0.15, -0.1) is 0 Å². The smallest absolute Gasteiger partial charge is 0.314 e. The lowest BCUT2D eigenvalue weighted by Crippen LogP contribution is -2.37. The van der Waals surface area contributed by atoms with E-state index in [9.17, 15) is 9.18 Å². The Kier molecular flexibility index (Phi) is 5.97. The third-order valence-corrected chi connectivity index (χ3v) is 3.75. The molecule has 0 atom stereocenters. The first-order valence-electron chi connectivity index (χ1n) is 8.38. The predicted octanol–water partition coefficient (Wildman–Crippen LogP) is 2.61. The Labute approximate surface area is 150 Å². The molecule has 0 spiro atoms. The van der Waals surface area contributed by atoms with Gasteiger partial charge in [-0.25, -0.2) is 19.2 Å². The average molecular weight is 357 g/mol. The molecule has 1 aromatic carbocycles. The summed E-state index contributed by atoms with van der Waals surface area (Å²) < 4.78 is 20.3. The van der Waals surface area contributed by atoms with E-state index < -0.39 is 0 Å². The van der Waals surface area contributed by atoms with Crippen LogP contribution in [-0.2, 0) is 13.0 Å². The van der Waals surface area contributed by atoms with E-state index in [-0.39, 0.29) is 11.8 Å². The maximum atomic E-state index is 12.9. The molecule has 0 saturated heterocycles. The van der Waals surface area contributed by atoms with Crippen LogP contribution in [0, 0.1) is 5.82 Å². The highest BCUT2D eigenvalue weighted by Crippen LogP contribution is 2.18. The number of oxazole rings is 1. The Hall–Kier alpha value is -3.16. The molecule has 0 bridgehead atoms. The highest BCUT2D eigenvalue weighted by Gasteiger charge is 2.07. The number of halogens is 1. The van der Waals surface area contributed by atoms with Crippen LogP contribution in [0.15, 0.2) is 53.7 Å². The SMILES string of the molecule is O=C(NCCCn1ccnc1)NCCc1coc(-c2ccc(F)cc2)n1. The number of nitrogens with zero attached hydrogens (tertiary/aromatic N) is 3. The van der Waals surface area contributed by atoms with E-state index in [1.54, 1.807) is 30.9 Å². The molecule has 0 radical (unpaired) electrons. The number of hydrogen-bond acceptors (Lipinski definition) is 4. The van der Waals surface area contributed by atoms with Crippen molar-refractivity contribution in [3.63, 3.8) is 0 Å². The molecular formula is C18H20FN5O2. The lowest BCUT2D eigenvalue weighted by molar-refractivity contribution is 0.240. The summed E-state index contributed by atoms with van der Waals surface area (Å²) in [4.78, 5) is 20.0. The standard InChI is InChI=1S/C18H20FN5O2/c19-15-4-2-14(3-5-15)17-23-16(12-26-17)6-8-22-18(25)21-7-1-10-24-11-9-20-13-24/h2-5,9,11-13H,1,6-8,10H2,(H2,21,22,25). The van der Waals surface area contributed by atoms with Crippen LogP contribution in [0.1, 0.15) is 12.1 Å². The van der Waals surface area contributed by atoms with Crippen molar-refractivity contribution in [3.8, 4) is 11.5 Å². The third-order valence-electron chi connectivity index (χ3n) is 3.75. The number of urea groups is 1. The molecule has 7 nitrogen and oxygen atoms in total. The van der Waals surface area contributed by atoms with E-state index in [1.807, 2.05) is 10.8 Å². The number of amides is 2. The van der Waals surface area contributed by atoms with E-state index in [2.05, 4.69) is 20.6 Å². The van der Waals surface area contributed by atoms with Gasteiger partial charge in [0.25, 0.3) is 0 Å². The van der Waals surface area contributed by atoms with Crippen molar-refractivity contribution >= 4 is 6.03 Å². The molecule has 3 aromatic rings. The Bertz CT molecular complexity index is 814. The minimum atomic E-state index is -0.305. The van der Waals surface area contributed by atoms with E-state index in [4.69, 9.17) is 4.42 Å². The molecule has 26 heavy (non-hydrogen) atoms. The molecule has 0 aliphatic heterocycles. The largest absolute Gasteiger partial charge is 0.444 e. The summed E-state index contributed by atoms with van der Waals surface area (Å²) in [5.41, 5.74) is 1.44. The van der Waals surface area contributed by atoms with Crippen LogP contribution < -0.4 is 10.6 Å². The molecule has 2 heterocycles. The van der Waals surface area contributed by atoms with Crippen molar-refractivity contribution in [3.05, 3.63) is 60.8 Å². The van der Waals surface area contributed by atoms with Crippen molar-refractivity contribution in [1.82, 2.24) is 25.2 Å². The summed E-state index contributed by atoms with van der Waals surface area (Å²) in [6.07, 6.45) is 8.28. The monoisotopic (exact) mass is 357 g/mol. The molecular weight excluding hydrogens is 337 g/mol. The minimum absolute atomic E-state index is 0.210. The van der Waals surface area contributed by atoms with E-state index >= 15 is 0 Å². The van der Waals surface area contributed by atoms with Crippen LogP contribution in [0.25, 0.3) is 11.5 Å². The van der Waals surface area contributed by atoms with Crippen molar-refractivity contribution in [2.24, 2.45) is 0 Å². The maximum absolute atomic E-state index is 12.9. The van der Waals surface area contributed by atoms with Gasteiger partial charge in [-0.1, -0.05) is 0 Å². The molecule has 2 aromatic heterocycles. The van der Waals surface area contributed by atoms with Crippen molar-refractivity contribution in [1.29, 1.82) is 0 Å². The molecule has 8 heteroatoms. The zero-order chi connectivity index (χ0) is 18.2. The van der Waals surface area contributed by atoms with Gasteiger partial charge in [-0.05, 0) is 30.7 Å². The van der Waals surface area contributed by atoms with Crippen LogP contribution in [0.3, 0.4) is 0 Å². The summed E-state index contributed by atoms with van der Waals surface area (Å²) in [6.45, 7) is 1.84. The normalized spacial score (nSPS) is 10.7. The maximum Gasteiger partial charge on any atom is 0.314 e. The van der Waals surface area contributed by atoms with Gasteiger partial charge in [0.15, 0.2) is 0 Å². The second-order valence-electron chi connectivity index (χ2n) is 5.74. The van der Waals surface area contributed by atoms with Gasteiger partial charge in [0.2, 0.25) is 5.89 Å². The number of hydrogen-bond donors (Lipinski definition) is 2. The fourth-order valence-electron chi connectivity index (χ4n) is 2.40. The lowest BCUT2D eigenvalue weighted by atomic mass is 10.2. The lowest BCUT2D eigenvalue weighted by Gasteiger charge is -2.07. The van der Waals surface area contributed by atoms with Gasteiger partial charge in [0.1, 0.15) is 12.1 Å². The third kappa shape index (κ3) is 5.17. The van der Waals surface area contributed by atoms with Crippen LogP contribution in [0.4, 0.5) is 9.18 Å². The second-order valence-corrected chi connectivity index (χ2v) is 5.74. The number of rotatable bonds is 8. The number of carbonyl (C=O) groups is 1. The Morgan fingerprint density at radius 3 is 2.77 bits per heavy atom. The number of aromatic nitrogens is 3. The zero-order valence-electron chi connectivity index (χ0n) is 14.2. The number of aryl methyl sites for hydroxylation is 1. The van der Waals surface area contributed by atoms with Crippen LogP contribution in [-0.4, -0.2) is 33.7 Å². The van der Waals surface area contributed by atoms with Crippen molar-refractivity contribution in [2.45, 2.75) is 19.4 Å². The topological polar surface area (TPSA) is 85.0 Å². The van der Waals surface area contributed by atoms with Gasteiger partial charge in [-0.2, -0.15) is 0 Å². The summed E-state index contributed by atoms with van der Waals surface area (Å²) >= 11 is 0. The van der Waals surface area contributed by atoms with Crippen LogP contribution in [0.2, 0.25) is 0 Å². The highest BCUT2D eigenvalue weighted by atomic mass is 19.1. The predicted molar refractivity (Wildman–Crippen MR) is 93.8 cm³/mol. The van der Waals surface area contributed by atoms with Crippen LogP contribution >= 0.6 is 0 Å². The molecule has 0 saturated carbocycles. The van der Waals surface area contributed by atoms with Crippen molar-refractivity contribution in [2.75, 3.05) is 13.1 Å². The average Bonchev–Trinajstić information content (AvgIpc) is 3.31. The van der Waals surface area contributed by atoms with E-state index in [1.165, 1.54) is 12.1 Å². The first-order valence-corrected chi connectivity index (χ1v) is 8.38. The molecule has 136 valence electrons. The second kappa shape index (κ2) is 8.80. The molecule has 0 unspecified atom stereocenters. The minimum Gasteiger partial charge on any atom is -0.444 e. The summed E-state index contributed by atoms with van der Waals surface area (Å²) in [7, 11) is 0. The number of imidazole rings is 1. The molecule has 2 N–H and O–H groups in total. The van der Waals surface area contributed by atoms with Gasteiger partial charge in [0.05, 0.1) is 12.0 Å². The molecule has 0 fully saturated rings. The number of nitrogens with one attached hydrogen (secondary N) is 2. The first-order chi connectivity index (χ1) is 12.7. The first kappa shape index (κ1) is 17.7. The fourth-order valence-corrected chi connectivity index (χ4v) is 2.40. The van der Waals surface area contributed by atoms with Crippen LogP contribution in [0.5, 0.6) is 0 Å². The van der Waals surface area contributed by atoms with Gasteiger partial charge >= 0.3 is 6.03 Å².